The van der Waals surface area contributed by atoms with Gasteiger partial charge in [-0.15, -0.1) is 0 Å². The zero-order valence-corrected chi connectivity index (χ0v) is 11.0. The fourth-order valence-corrected chi connectivity index (χ4v) is 1.10. The first-order valence-electron chi connectivity index (χ1n) is 5.64. The number of esters is 1. The fraction of sp³-hybridized carbons (Fsp3) is 0.917. The Hall–Kier alpha value is -0.610. The number of carbonyl (C=O) groups is 1. The first-order chi connectivity index (χ1) is 7.40. The molecule has 0 bridgehead atoms. The standard InChI is InChI=1S/C12H24O4/c1-10(2)8-15-6-7-16-9-12(3,4)11(13)14-5/h10H,6-9H2,1-5H3. The SMILES string of the molecule is COC(=O)C(C)(C)COCCOCC(C)C. The molecule has 0 rings (SSSR count). The lowest BCUT2D eigenvalue weighted by Crippen LogP contribution is -2.31. The molecule has 0 radical (unpaired) electrons. The average molecular weight is 232 g/mol. The van der Waals surface area contributed by atoms with Gasteiger partial charge in [0.2, 0.25) is 0 Å². The molecular weight excluding hydrogens is 208 g/mol. The van der Waals surface area contributed by atoms with Gasteiger partial charge >= 0.3 is 5.97 Å². The Morgan fingerprint density at radius 3 is 2.25 bits per heavy atom. The predicted molar refractivity (Wildman–Crippen MR) is 62.3 cm³/mol. The van der Waals surface area contributed by atoms with Gasteiger partial charge in [0.05, 0.1) is 32.3 Å². The van der Waals surface area contributed by atoms with Crippen LogP contribution in [0.3, 0.4) is 0 Å². The lowest BCUT2D eigenvalue weighted by Gasteiger charge is -2.21. The molecule has 0 N–H and O–H groups in total. The molecule has 0 saturated heterocycles. The number of carbonyl (C=O) groups excluding carboxylic acids is 1. The lowest BCUT2D eigenvalue weighted by molar-refractivity contribution is -0.154. The maximum Gasteiger partial charge on any atom is 0.313 e. The summed E-state index contributed by atoms with van der Waals surface area (Å²) in [7, 11) is 1.38. The molecule has 16 heavy (non-hydrogen) atoms. The van der Waals surface area contributed by atoms with Crippen LogP contribution in [0.4, 0.5) is 0 Å². The second kappa shape index (κ2) is 7.63. The Bertz CT molecular complexity index is 199. The molecule has 0 heterocycles. The summed E-state index contributed by atoms with van der Waals surface area (Å²) in [5, 5.41) is 0. The summed E-state index contributed by atoms with van der Waals surface area (Å²) >= 11 is 0. The van der Waals surface area contributed by atoms with Crippen molar-refractivity contribution < 1.29 is 19.0 Å². The summed E-state index contributed by atoms with van der Waals surface area (Å²) in [6, 6.07) is 0. The van der Waals surface area contributed by atoms with Crippen LogP contribution < -0.4 is 0 Å². The highest BCUT2D eigenvalue weighted by Crippen LogP contribution is 2.16. The molecule has 0 aliphatic rings. The van der Waals surface area contributed by atoms with E-state index in [9.17, 15) is 4.79 Å². The van der Waals surface area contributed by atoms with Crippen LogP contribution in [-0.4, -0.2) is 39.5 Å². The van der Waals surface area contributed by atoms with Crippen molar-refractivity contribution in [2.45, 2.75) is 27.7 Å². The van der Waals surface area contributed by atoms with Gasteiger partial charge in [0.15, 0.2) is 0 Å². The Kier molecular flexibility index (Phi) is 7.34. The van der Waals surface area contributed by atoms with E-state index in [1.807, 2.05) is 0 Å². The van der Waals surface area contributed by atoms with Crippen LogP contribution in [0.5, 0.6) is 0 Å². The molecular formula is C12H24O4. The van der Waals surface area contributed by atoms with Crippen LogP contribution in [0.15, 0.2) is 0 Å². The van der Waals surface area contributed by atoms with Crippen molar-refractivity contribution in [3.8, 4) is 0 Å². The van der Waals surface area contributed by atoms with Crippen LogP contribution in [-0.2, 0) is 19.0 Å². The van der Waals surface area contributed by atoms with Gasteiger partial charge < -0.3 is 14.2 Å². The van der Waals surface area contributed by atoms with Crippen molar-refractivity contribution in [2.24, 2.45) is 11.3 Å². The second-order valence-corrected chi connectivity index (χ2v) is 4.90. The predicted octanol–water partition coefficient (Wildman–Crippen LogP) is 1.87. The van der Waals surface area contributed by atoms with Gasteiger partial charge in [-0.05, 0) is 19.8 Å². The van der Waals surface area contributed by atoms with Crippen LogP contribution in [0, 0.1) is 11.3 Å². The maximum absolute atomic E-state index is 11.3. The minimum absolute atomic E-state index is 0.254. The monoisotopic (exact) mass is 232 g/mol. The average Bonchev–Trinajstić information content (AvgIpc) is 2.21. The first kappa shape index (κ1) is 15.4. The smallest absolute Gasteiger partial charge is 0.313 e. The number of hydrogen-bond donors (Lipinski definition) is 0. The highest BCUT2D eigenvalue weighted by Gasteiger charge is 2.28. The topological polar surface area (TPSA) is 44.8 Å². The summed E-state index contributed by atoms with van der Waals surface area (Å²) in [5.41, 5.74) is -0.590. The van der Waals surface area contributed by atoms with E-state index in [4.69, 9.17) is 9.47 Å². The summed E-state index contributed by atoms with van der Waals surface area (Å²) in [6.07, 6.45) is 0. The Labute approximate surface area is 98.3 Å². The van der Waals surface area contributed by atoms with E-state index < -0.39 is 5.41 Å². The zero-order chi connectivity index (χ0) is 12.6. The molecule has 0 amide bonds. The van der Waals surface area contributed by atoms with Crippen LogP contribution >= 0.6 is 0 Å². The molecule has 0 aliphatic heterocycles. The van der Waals surface area contributed by atoms with Crippen molar-refractivity contribution in [1.29, 1.82) is 0 Å². The molecule has 0 fully saturated rings. The fourth-order valence-electron chi connectivity index (χ4n) is 1.10. The number of ether oxygens (including phenoxy) is 3. The van der Waals surface area contributed by atoms with E-state index in [2.05, 4.69) is 18.6 Å². The third-order valence-electron chi connectivity index (χ3n) is 2.02. The molecule has 4 nitrogen and oxygen atoms in total. The molecule has 0 aliphatic carbocycles. The number of hydrogen-bond acceptors (Lipinski definition) is 4. The third-order valence-corrected chi connectivity index (χ3v) is 2.02. The summed E-state index contributed by atoms with van der Waals surface area (Å²) in [6.45, 7) is 9.96. The second-order valence-electron chi connectivity index (χ2n) is 4.90. The van der Waals surface area contributed by atoms with Gasteiger partial charge in [-0.25, -0.2) is 0 Å². The van der Waals surface area contributed by atoms with Crippen molar-refractivity contribution in [1.82, 2.24) is 0 Å². The highest BCUT2D eigenvalue weighted by atomic mass is 16.5. The molecule has 4 heteroatoms. The van der Waals surface area contributed by atoms with Gasteiger partial charge in [-0.1, -0.05) is 13.8 Å². The molecule has 0 saturated carbocycles. The Morgan fingerprint density at radius 1 is 1.19 bits per heavy atom. The Balaban J connectivity index is 3.54. The first-order valence-corrected chi connectivity index (χ1v) is 5.64. The van der Waals surface area contributed by atoms with E-state index in [-0.39, 0.29) is 5.97 Å². The van der Waals surface area contributed by atoms with E-state index in [0.29, 0.717) is 25.7 Å². The molecule has 0 aromatic heterocycles. The van der Waals surface area contributed by atoms with Gasteiger partial charge in [-0.2, -0.15) is 0 Å². The van der Waals surface area contributed by atoms with E-state index >= 15 is 0 Å². The number of rotatable bonds is 8. The molecule has 0 unspecified atom stereocenters. The van der Waals surface area contributed by atoms with Gasteiger partial charge in [-0.3, -0.25) is 4.79 Å². The van der Waals surface area contributed by atoms with Crippen LogP contribution in [0.2, 0.25) is 0 Å². The third kappa shape index (κ3) is 6.80. The number of methoxy groups -OCH3 is 1. The van der Waals surface area contributed by atoms with Crippen molar-refractivity contribution in [3.63, 3.8) is 0 Å². The zero-order valence-electron chi connectivity index (χ0n) is 11.0. The molecule has 0 aromatic rings. The van der Waals surface area contributed by atoms with Crippen molar-refractivity contribution >= 4 is 5.97 Å². The van der Waals surface area contributed by atoms with Crippen LogP contribution in [0.25, 0.3) is 0 Å². The quantitative estimate of drug-likeness (QED) is 0.473. The normalized spacial score (nSPS) is 11.9. The summed E-state index contributed by atoms with van der Waals surface area (Å²) in [5.74, 6) is 0.280. The van der Waals surface area contributed by atoms with Gasteiger partial charge in [0.25, 0.3) is 0 Å². The molecule has 0 spiro atoms. The maximum atomic E-state index is 11.3. The van der Waals surface area contributed by atoms with Crippen molar-refractivity contribution in [2.75, 3.05) is 33.5 Å². The summed E-state index contributed by atoms with van der Waals surface area (Å²) < 4.78 is 15.4. The largest absolute Gasteiger partial charge is 0.469 e. The van der Waals surface area contributed by atoms with E-state index in [0.717, 1.165) is 6.61 Å². The van der Waals surface area contributed by atoms with Gasteiger partial charge in [0.1, 0.15) is 0 Å². The van der Waals surface area contributed by atoms with E-state index in [1.165, 1.54) is 7.11 Å². The molecule has 0 atom stereocenters. The van der Waals surface area contributed by atoms with Crippen molar-refractivity contribution in [3.05, 3.63) is 0 Å². The minimum Gasteiger partial charge on any atom is -0.469 e. The molecule has 0 aromatic carbocycles. The van der Waals surface area contributed by atoms with Crippen LogP contribution in [0.1, 0.15) is 27.7 Å². The Morgan fingerprint density at radius 2 is 1.75 bits per heavy atom. The minimum atomic E-state index is -0.590. The lowest BCUT2D eigenvalue weighted by atomic mass is 9.95. The molecule has 96 valence electrons. The highest BCUT2D eigenvalue weighted by molar-refractivity contribution is 5.75. The summed E-state index contributed by atoms with van der Waals surface area (Å²) in [4.78, 5) is 11.3. The van der Waals surface area contributed by atoms with E-state index in [1.54, 1.807) is 13.8 Å². The van der Waals surface area contributed by atoms with Gasteiger partial charge in [0, 0.05) is 6.61 Å².